The second-order valence-corrected chi connectivity index (χ2v) is 6.91. The van der Waals surface area contributed by atoms with Crippen LogP contribution in [0.2, 0.25) is 5.02 Å². The number of nitrogens with zero attached hydrogens (tertiary/aromatic N) is 3. The maximum atomic E-state index is 12.9. The molecule has 4 rings (SSSR count). The zero-order chi connectivity index (χ0) is 16.5. The van der Waals surface area contributed by atoms with Gasteiger partial charge in [-0.15, -0.1) is 0 Å². The van der Waals surface area contributed by atoms with Gasteiger partial charge in [-0.3, -0.25) is 9.48 Å². The van der Waals surface area contributed by atoms with Crippen molar-refractivity contribution in [2.24, 2.45) is 5.92 Å². The third-order valence-corrected chi connectivity index (χ3v) is 5.27. The van der Waals surface area contributed by atoms with Crippen LogP contribution in [0.3, 0.4) is 0 Å². The van der Waals surface area contributed by atoms with Gasteiger partial charge in [0.05, 0.1) is 18.8 Å². The van der Waals surface area contributed by atoms with Crippen LogP contribution in [0.1, 0.15) is 23.2 Å². The Labute approximate surface area is 146 Å². The monoisotopic (exact) mass is 345 g/mol. The van der Waals surface area contributed by atoms with E-state index in [1.54, 1.807) is 18.3 Å². The molecule has 1 saturated carbocycles. The van der Waals surface area contributed by atoms with Gasteiger partial charge in [-0.2, -0.15) is 5.10 Å². The first kappa shape index (κ1) is 15.7. The fourth-order valence-electron chi connectivity index (χ4n) is 3.94. The van der Waals surface area contributed by atoms with Crippen molar-refractivity contribution in [1.82, 2.24) is 14.7 Å². The topological polar surface area (TPSA) is 47.4 Å². The Morgan fingerprint density at radius 3 is 3.04 bits per heavy atom. The van der Waals surface area contributed by atoms with Crippen molar-refractivity contribution < 1.29 is 9.53 Å². The summed E-state index contributed by atoms with van der Waals surface area (Å²) in [6.45, 7) is 2.07. The second kappa shape index (κ2) is 6.57. The van der Waals surface area contributed by atoms with Gasteiger partial charge in [0.2, 0.25) is 0 Å². The minimum Gasteiger partial charge on any atom is -0.374 e. The van der Waals surface area contributed by atoms with E-state index < -0.39 is 0 Å². The molecule has 2 heterocycles. The van der Waals surface area contributed by atoms with Gasteiger partial charge in [0.1, 0.15) is 0 Å². The molecule has 24 heavy (non-hydrogen) atoms. The van der Waals surface area contributed by atoms with Crippen LogP contribution in [0.5, 0.6) is 0 Å². The molecule has 1 saturated heterocycles. The molecule has 0 bridgehead atoms. The number of benzene rings is 1. The van der Waals surface area contributed by atoms with E-state index in [0.29, 0.717) is 29.7 Å². The highest BCUT2D eigenvalue weighted by molar-refractivity contribution is 6.30. The molecule has 6 heteroatoms. The summed E-state index contributed by atoms with van der Waals surface area (Å²) in [4.78, 5) is 14.9. The van der Waals surface area contributed by atoms with Crippen LogP contribution in [0.4, 0.5) is 0 Å². The van der Waals surface area contributed by atoms with E-state index in [2.05, 4.69) is 5.10 Å². The van der Waals surface area contributed by atoms with Crippen molar-refractivity contribution in [2.75, 3.05) is 13.2 Å². The van der Waals surface area contributed by atoms with Gasteiger partial charge in [0, 0.05) is 42.0 Å². The molecule has 1 aliphatic heterocycles. The molecule has 1 aliphatic carbocycles. The normalized spacial score (nSPS) is 26.4. The average molecular weight is 346 g/mol. The van der Waals surface area contributed by atoms with Gasteiger partial charge in [0.15, 0.2) is 0 Å². The molecule has 2 aliphatic rings. The van der Waals surface area contributed by atoms with Crippen LogP contribution in [-0.2, 0) is 11.3 Å². The lowest BCUT2D eigenvalue weighted by Crippen LogP contribution is -2.53. The third-order valence-electron chi connectivity index (χ3n) is 5.03. The highest BCUT2D eigenvalue weighted by Gasteiger charge is 2.44. The minimum atomic E-state index is 0.0514. The van der Waals surface area contributed by atoms with E-state index in [0.717, 1.165) is 19.4 Å². The molecule has 0 radical (unpaired) electrons. The Morgan fingerprint density at radius 1 is 1.33 bits per heavy atom. The Kier molecular flexibility index (Phi) is 4.29. The highest BCUT2D eigenvalue weighted by atomic mass is 35.5. The van der Waals surface area contributed by atoms with Crippen LogP contribution in [-0.4, -0.2) is 45.9 Å². The number of hydrogen-bond donors (Lipinski definition) is 0. The molecule has 3 atom stereocenters. The molecular weight excluding hydrogens is 326 g/mol. The lowest BCUT2D eigenvalue weighted by atomic mass is 10.0. The number of aromatic nitrogens is 2. The Hall–Kier alpha value is -1.85. The first-order valence-electron chi connectivity index (χ1n) is 8.38. The van der Waals surface area contributed by atoms with Crippen LogP contribution in [0.25, 0.3) is 0 Å². The predicted molar refractivity (Wildman–Crippen MR) is 91.0 cm³/mol. The quantitative estimate of drug-likeness (QED) is 0.859. The molecule has 2 aromatic rings. The molecule has 1 amide bonds. The maximum absolute atomic E-state index is 12.9. The lowest BCUT2D eigenvalue weighted by Gasteiger charge is -2.39. The fourth-order valence-corrected chi connectivity index (χ4v) is 4.13. The van der Waals surface area contributed by atoms with Gasteiger partial charge in [0.25, 0.3) is 5.91 Å². The molecule has 1 aromatic carbocycles. The van der Waals surface area contributed by atoms with Crippen LogP contribution in [0, 0.1) is 5.92 Å². The van der Waals surface area contributed by atoms with E-state index in [1.807, 2.05) is 34.0 Å². The first-order chi connectivity index (χ1) is 11.7. The van der Waals surface area contributed by atoms with E-state index in [-0.39, 0.29) is 18.1 Å². The molecule has 3 unspecified atom stereocenters. The zero-order valence-electron chi connectivity index (χ0n) is 13.3. The van der Waals surface area contributed by atoms with E-state index in [1.165, 1.54) is 0 Å². The number of carbonyl (C=O) groups excluding carboxylic acids is 1. The summed E-state index contributed by atoms with van der Waals surface area (Å²) in [5.74, 6) is 0.445. The summed E-state index contributed by atoms with van der Waals surface area (Å²) in [6.07, 6.45) is 5.89. The summed E-state index contributed by atoms with van der Waals surface area (Å²) in [5, 5.41) is 4.89. The summed E-state index contributed by atoms with van der Waals surface area (Å²) in [6, 6.07) is 9.26. The standard InChI is InChI=1S/C18H20ClN3O2/c19-15-4-1-3-13(11-15)18(23)22-9-10-24-17-14(5-6-16(17)22)12-21-8-2-7-20-21/h1-4,7-8,11,14,16-17H,5-6,9-10,12H2. The van der Waals surface area contributed by atoms with E-state index in [9.17, 15) is 4.79 Å². The molecule has 2 fully saturated rings. The number of rotatable bonds is 3. The van der Waals surface area contributed by atoms with Gasteiger partial charge in [-0.25, -0.2) is 0 Å². The third kappa shape index (κ3) is 2.94. The predicted octanol–water partition coefficient (Wildman–Crippen LogP) is 2.86. The number of carbonyl (C=O) groups is 1. The Bertz CT molecular complexity index is 719. The summed E-state index contributed by atoms with van der Waals surface area (Å²) >= 11 is 6.04. The van der Waals surface area contributed by atoms with Crippen molar-refractivity contribution >= 4 is 17.5 Å². The number of halogens is 1. The lowest BCUT2D eigenvalue weighted by molar-refractivity contribution is -0.0649. The molecular formula is C18H20ClN3O2. The molecule has 126 valence electrons. The molecule has 0 N–H and O–H groups in total. The number of fused-ring (bicyclic) bond motifs is 1. The first-order valence-corrected chi connectivity index (χ1v) is 8.76. The van der Waals surface area contributed by atoms with Gasteiger partial charge < -0.3 is 9.64 Å². The largest absolute Gasteiger partial charge is 0.374 e. The second-order valence-electron chi connectivity index (χ2n) is 6.48. The summed E-state index contributed by atoms with van der Waals surface area (Å²) < 4.78 is 7.99. The number of ether oxygens (including phenoxy) is 1. The van der Waals surface area contributed by atoms with Crippen LogP contribution in [0.15, 0.2) is 42.7 Å². The highest BCUT2D eigenvalue weighted by Crippen LogP contribution is 2.36. The summed E-state index contributed by atoms with van der Waals surface area (Å²) in [7, 11) is 0. The number of amides is 1. The average Bonchev–Trinajstić information content (AvgIpc) is 3.25. The SMILES string of the molecule is O=C(c1cccc(Cl)c1)N1CCOC2C(Cn3cccn3)CCC21. The minimum absolute atomic E-state index is 0.0514. The van der Waals surface area contributed by atoms with Crippen LogP contribution >= 0.6 is 11.6 Å². The summed E-state index contributed by atoms with van der Waals surface area (Å²) in [5.41, 5.74) is 0.652. The Balaban J connectivity index is 1.51. The molecule has 1 aromatic heterocycles. The van der Waals surface area contributed by atoms with Gasteiger partial charge in [-0.05, 0) is 37.1 Å². The van der Waals surface area contributed by atoms with Crippen molar-refractivity contribution in [2.45, 2.75) is 31.5 Å². The maximum Gasteiger partial charge on any atom is 0.254 e. The van der Waals surface area contributed by atoms with E-state index >= 15 is 0 Å². The van der Waals surface area contributed by atoms with Gasteiger partial charge in [-0.1, -0.05) is 17.7 Å². The van der Waals surface area contributed by atoms with Gasteiger partial charge >= 0.3 is 0 Å². The van der Waals surface area contributed by atoms with Crippen molar-refractivity contribution in [1.29, 1.82) is 0 Å². The smallest absolute Gasteiger partial charge is 0.254 e. The zero-order valence-corrected chi connectivity index (χ0v) is 14.1. The molecule has 0 spiro atoms. The fraction of sp³-hybridized carbons (Fsp3) is 0.444. The number of hydrogen-bond acceptors (Lipinski definition) is 3. The van der Waals surface area contributed by atoms with Crippen molar-refractivity contribution in [3.8, 4) is 0 Å². The van der Waals surface area contributed by atoms with Crippen LogP contribution < -0.4 is 0 Å². The van der Waals surface area contributed by atoms with Crippen molar-refractivity contribution in [3.63, 3.8) is 0 Å². The molecule has 5 nitrogen and oxygen atoms in total. The van der Waals surface area contributed by atoms with Crippen molar-refractivity contribution in [3.05, 3.63) is 53.3 Å². The van der Waals surface area contributed by atoms with E-state index in [4.69, 9.17) is 16.3 Å². The number of morpholine rings is 1. The Morgan fingerprint density at radius 2 is 2.25 bits per heavy atom.